The maximum Gasteiger partial charge on any atom is 1.00 e. The largest absolute Gasteiger partial charge is 1.00 e. The summed E-state index contributed by atoms with van der Waals surface area (Å²) in [4.78, 5) is 11.3. The van der Waals surface area contributed by atoms with E-state index in [1.165, 1.54) is 6.92 Å². The van der Waals surface area contributed by atoms with Crippen molar-refractivity contribution in [1.29, 1.82) is 0 Å². The molecule has 2 atom stereocenters. The fourth-order valence-corrected chi connectivity index (χ4v) is 1.74. The van der Waals surface area contributed by atoms with Gasteiger partial charge in [0, 0.05) is 12.6 Å². The summed E-state index contributed by atoms with van der Waals surface area (Å²) in [6.07, 6.45) is 3.28. The van der Waals surface area contributed by atoms with E-state index in [0.29, 0.717) is 0 Å². The van der Waals surface area contributed by atoms with Gasteiger partial charge in [0.05, 0.1) is 0 Å². The number of likely N-dealkylation sites (N-methyl/N-ethyl adjacent to an activating group) is 1. The van der Waals surface area contributed by atoms with Crippen LogP contribution in [0, 0.1) is 0 Å². The summed E-state index contributed by atoms with van der Waals surface area (Å²) < 4.78 is 0. The topological polar surface area (TPSA) is 72.8 Å². The van der Waals surface area contributed by atoms with Gasteiger partial charge in [-0.2, -0.15) is 5.06 Å². The van der Waals surface area contributed by atoms with Crippen molar-refractivity contribution in [2.75, 3.05) is 13.1 Å². The Morgan fingerprint density at radius 2 is 2.00 bits per heavy atom. The molecule has 0 aromatic heterocycles. The third-order valence-electron chi connectivity index (χ3n) is 3.34. The van der Waals surface area contributed by atoms with Gasteiger partial charge in [0.25, 0.3) is 0 Å². The van der Waals surface area contributed by atoms with Crippen LogP contribution in [0.3, 0.4) is 0 Å². The smallest absolute Gasteiger partial charge is 1.00 e. The summed E-state index contributed by atoms with van der Waals surface area (Å²) in [5.41, 5.74) is -1.29. The van der Waals surface area contributed by atoms with Crippen LogP contribution in [0.15, 0.2) is 0 Å². The Morgan fingerprint density at radius 3 is 2.39 bits per heavy atom. The first-order chi connectivity index (χ1) is 7.91. The molecule has 0 spiro atoms. The summed E-state index contributed by atoms with van der Waals surface area (Å²) in [5, 5.41) is 23.1. The molecular weight excluding hydrogens is 243 g/mol. The van der Waals surface area contributed by atoms with E-state index in [9.17, 15) is 15.1 Å². The Hall–Kier alpha value is 0.350. The van der Waals surface area contributed by atoms with Crippen molar-refractivity contribution >= 4 is 5.97 Å². The molecule has 18 heavy (non-hydrogen) atoms. The minimum Gasteiger partial charge on any atom is -1.00 e. The Morgan fingerprint density at radius 1 is 1.44 bits per heavy atom. The first-order valence-corrected chi connectivity index (χ1v) is 6.34. The third-order valence-corrected chi connectivity index (χ3v) is 3.34. The first-order valence-electron chi connectivity index (χ1n) is 6.34. The molecule has 104 valence electrons. The molecule has 2 unspecified atom stereocenters. The van der Waals surface area contributed by atoms with E-state index >= 15 is 0 Å². The molecule has 0 bridgehead atoms. The molecule has 0 aromatic carbocycles. The fourth-order valence-electron chi connectivity index (χ4n) is 1.74. The van der Waals surface area contributed by atoms with Crippen LogP contribution in [0.25, 0.3) is 0 Å². The van der Waals surface area contributed by atoms with Crippen molar-refractivity contribution in [1.82, 2.24) is 10.4 Å². The number of unbranched alkanes of at least 4 members (excludes halogenated alkanes) is 2. The summed E-state index contributed by atoms with van der Waals surface area (Å²) in [6, 6.07) is -0.318. The molecule has 0 amide bonds. The number of hydroxylamine groups is 2. The molecule has 6 heteroatoms. The number of aliphatic carboxylic acids is 1. The zero-order valence-corrected chi connectivity index (χ0v) is 14.4. The third kappa shape index (κ3) is 5.55. The van der Waals surface area contributed by atoms with Gasteiger partial charge in [-0.3, -0.25) is 4.79 Å². The first kappa shape index (κ1) is 20.7. The maximum absolute atomic E-state index is 11.3. The molecule has 0 aliphatic rings. The van der Waals surface area contributed by atoms with Crippen LogP contribution in [0.5, 0.6) is 0 Å². The van der Waals surface area contributed by atoms with Gasteiger partial charge in [-0.25, -0.2) is 0 Å². The van der Waals surface area contributed by atoms with E-state index in [1.807, 2.05) is 0 Å². The van der Waals surface area contributed by atoms with Crippen LogP contribution in [0.4, 0.5) is 0 Å². The molecule has 0 saturated heterocycles. The second kappa shape index (κ2) is 10.2. The molecule has 0 radical (unpaired) electrons. The normalized spacial score (nSPS) is 15.9. The predicted molar refractivity (Wildman–Crippen MR) is 68.3 cm³/mol. The Balaban J connectivity index is -0.00000128. The van der Waals surface area contributed by atoms with Crippen molar-refractivity contribution in [3.8, 4) is 0 Å². The molecule has 0 aromatic rings. The number of carbonyl (C=O) groups is 1. The summed E-state index contributed by atoms with van der Waals surface area (Å²) in [7, 11) is 0. The van der Waals surface area contributed by atoms with Crippen molar-refractivity contribution in [2.24, 2.45) is 0 Å². The predicted octanol–water partition coefficient (Wildman–Crippen LogP) is -1.17. The van der Waals surface area contributed by atoms with Crippen molar-refractivity contribution < 1.29 is 46.1 Å². The number of rotatable bonds is 9. The van der Waals surface area contributed by atoms with Crippen molar-refractivity contribution in [2.45, 2.75) is 58.5 Å². The maximum atomic E-state index is 11.3. The van der Waals surface area contributed by atoms with Gasteiger partial charge in [-0.05, 0) is 26.8 Å². The van der Waals surface area contributed by atoms with E-state index in [4.69, 9.17) is 0 Å². The van der Waals surface area contributed by atoms with Crippen LogP contribution >= 0.6 is 0 Å². The van der Waals surface area contributed by atoms with Crippen LogP contribution in [-0.2, 0) is 4.79 Å². The molecular formula is C12H27N2NaO3. The Labute approximate surface area is 134 Å². The molecule has 3 N–H and O–H groups in total. The molecule has 0 heterocycles. The zero-order chi connectivity index (χ0) is 13.5. The van der Waals surface area contributed by atoms with E-state index in [0.717, 1.165) is 30.9 Å². The Kier molecular flexibility index (Phi) is 11.7. The minimum absolute atomic E-state index is 0. The van der Waals surface area contributed by atoms with Gasteiger partial charge >= 0.3 is 35.5 Å². The van der Waals surface area contributed by atoms with Gasteiger partial charge in [0.15, 0.2) is 5.54 Å². The van der Waals surface area contributed by atoms with Crippen LogP contribution < -0.4 is 34.9 Å². The zero-order valence-electron chi connectivity index (χ0n) is 13.4. The summed E-state index contributed by atoms with van der Waals surface area (Å²) >= 11 is 0. The molecule has 5 nitrogen and oxygen atoms in total. The van der Waals surface area contributed by atoms with Crippen LogP contribution in [0.2, 0.25) is 0 Å². The van der Waals surface area contributed by atoms with Gasteiger partial charge in [0.1, 0.15) is 0 Å². The molecule has 0 rings (SSSR count). The van der Waals surface area contributed by atoms with Gasteiger partial charge in [-0.15, -0.1) is 0 Å². The summed E-state index contributed by atoms with van der Waals surface area (Å²) in [6.45, 7) is 8.23. The second-order valence-electron chi connectivity index (χ2n) is 4.55. The average molecular weight is 270 g/mol. The van der Waals surface area contributed by atoms with E-state index in [2.05, 4.69) is 12.2 Å². The number of carboxylic acid groups (broad SMARTS) is 1. The Bertz CT molecular complexity index is 247. The quantitative estimate of drug-likeness (QED) is 0.280. The molecule has 0 aliphatic carbocycles. The number of nitrogens with one attached hydrogen (secondary N) is 1. The standard InChI is InChI=1S/C12H26N2O3.Na.H/c1-5-7-8-9-13-10(3)12(4,11(15)16)14(17)6-2;;/h10,13,17H,5-9H2,1-4H3,(H,15,16);;/q;+1;-1. The van der Waals surface area contributed by atoms with Crippen molar-refractivity contribution in [3.05, 3.63) is 0 Å². The van der Waals surface area contributed by atoms with Gasteiger partial charge in [-0.1, -0.05) is 26.7 Å². The number of nitrogens with zero attached hydrogens (tertiary/aromatic N) is 1. The van der Waals surface area contributed by atoms with E-state index < -0.39 is 11.5 Å². The number of hydrogen-bond acceptors (Lipinski definition) is 4. The van der Waals surface area contributed by atoms with Crippen LogP contribution in [0.1, 0.15) is 48.4 Å². The average Bonchev–Trinajstić information content (AvgIpc) is 2.31. The monoisotopic (exact) mass is 270 g/mol. The van der Waals surface area contributed by atoms with Gasteiger partial charge < -0.3 is 17.1 Å². The number of carboxylic acids is 1. The molecule has 0 fully saturated rings. The van der Waals surface area contributed by atoms with Gasteiger partial charge in [0.2, 0.25) is 0 Å². The minimum atomic E-state index is -1.29. The molecule has 0 saturated carbocycles. The van der Waals surface area contributed by atoms with E-state index in [-0.39, 0.29) is 43.6 Å². The van der Waals surface area contributed by atoms with E-state index in [1.54, 1.807) is 13.8 Å². The van der Waals surface area contributed by atoms with Crippen LogP contribution in [-0.4, -0.2) is 46.0 Å². The van der Waals surface area contributed by atoms with Crippen molar-refractivity contribution in [3.63, 3.8) is 0 Å². The second-order valence-corrected chi connectivity index (χ2v) is 4.55. The molecule has 0 aliphatic heterocycles. The fraction of sp³-hybridized carbons (Fsp3) is 0.917. The number of hydrogen-bond donors (Lipinski definition) is 3. The SMILES string of the molecule is CCCCCNC(C)C(C)(C(=O)O)N(O)CC.[H-].[Na+]. The summed E-state index contributed by atoms with van der Waals surface area (Å²) in [5.74, 6) is -1.02.